The minimum absolute atomic E-state index is 0.186. The van der Waals surface area contributed by atoms with E-state index in [0.29, 0.717) is 5.56 Å². The first-order chi connectivity index (χ1) is 6.15. The van der Waals surface area contributed by atoms with Gasteiger partial charge in [-0.05, 0) is 30.5 Å². The number of thioether (sulfide) groups is 1. The topological polar surface area (TPSA) is 17.1 Å². The van der Waals surface area contributed by atoms with Crippen molar-refractivity contribution < 1.29 is 9.18 Å². The molecular formula is C9H8ClFOS. The molecule has 0 heterocycles. The van der Waals surface area contributed by atoms with Gasteiger partial charge >= 0.3 is 0 Å². The first-order valence-corrected chi connectivity index (χ1v) is 5.34. The van der Waals surface area contributed by atoms with E-state index in [0.717, 1.165) is 0 Å². The van der Waals surface area contributed by atoms with Crippen LogP contribution in [0, 0.1) is 5.82 Å². The summed E-state index contributed by atoms with van der Waals surface area (Å²) in [4.78, 5) is 11.4. The van der Waals surface area contributed by atoms with E-state index in [1.165, 1.54) is 36.0 Å². The van der Waals surface area contributed by atoms with Crippen molar-refractivity contribution in [3.8, 4) is 0 Å². The predicted molar refractivity (Wildman–Crippen MR) is 53.9 cm³/mol. The molecule has 0 spiro atoms. The standard InChI is InChI=1S/C9H8ClFOS/c1-13-9(10)8(12)6-2-4-7(11)5-3-6/h2-5,9H,1H3. The number of ketones is 1. The van der Waals surface area contributed by atoms with E-state index in [-0.39, 0.29) is 11.6 Å². The molecule has 0 fully saturated rings. The number of carbonyl (C=O) groups excluding carboxylic acids is 1. The fraction of sp³-hybridized carbons (Fsp3) is 0.222. The molecule has 1 atom stereocenters. The highest BCUT2D eigenvalue weighted by Gasteiger charge is 2.15. The van der Waals surface area contributed by atoms with Gasteiger partial charge in [0.2, 0.25) is 0 Å². The summed E-state index contributed by atoms with van der Waals surface area (Å²) in [7, 11) is 0. The number of halogens is 2. The van der Waals surface area contributed by atoms with Gasteiger partial charge in [0.1, 0.15) is 10.5 Å². The molecule has 1 rings (SSSR count). The van der Waals surface area contributed by atoms with Crippen LogP contribution < -0.4 is 0 Å². The molecule has 1 aromatic carbocycles. The fourth-order valence-corrected chi connectivity index (χ4v) is 1.33. The third-order valence-electron chi connectivity index (χ3n) is 1.54. The van der Waals surface area contributed by atoms with Gasteiger partial charge in [0.25, 0.3) is 0 Å². The Labute approximate surface area is 85.3 Å². The van der Waals surface area contributed by atoms with E-state index in [2.05, 4.69) is 0 Å². The molecule has 1 aromatic rings. The highest BCUT2D eigenvalue weighted by molar-refractivity contribution is 8.01. The Morgan fingerprint density at radius 1 is 1.46 bits per heavy atom. The van der Waals surface area contributed by atoms with Gasteiger partial charge in [-0.2, -0.15) is 0 Å². The molecule has 0 aromatic heterocycles. The molecule has 0 bridgehead atoms. The van der Waals surface area contributed by atoms with E-state index in [1.54, 1.807) is 6.26 Å². The monoisotopic (exact) mass is 218 g/mol. The zero-order valence-electron chi connectivity index (χ0n) is 6.96. The molecule has 4 heteroatoms. The number of rotatable bonds is 3. The summed E-state index contributed by atoms with van der Waals surface area (Å²) >= 11 is 6.96. The van der Waals surface area contributed by atoms with E-state index < -0.39 is 4.71 Å². The maximum Gasteiger partial charge on any atom is 0.190 e. The van der Waals surface area contributed by atoms with Crippen LogP contribution in [0.1, 0.15) is 10.4 Å². The number of Topliss-reactive ketones (excluding diaryl/α,β-unsaturated/α-hetero) is 1. The second-order valence-electron chi connectivity index (χ2n) is 2.42. The first-order valence-electron chi connectivity index (χ1n) is 3.62. The number of carbonyl (C=O) groups is 1. The third-order valence-corrected chi connectivity index (χ3v) is 2.90. The molecule has 0 N–H and O–H groups in total. The van der Waals surface area contributed by atoms with E-state index in [1.807, 2.05) is 0 Å². The zero-order chi connectivity index (χ0) is 9.84. The van der Waals surface area contributed by atoms with Crippen LogP contribution in [0.5, 0.6) is 0 Å². The van der Waals surface area contributed by atoms with Crippen LogP contribution in [0.3, 0.4) is 0 Å². The van der Waals surface area contributed by atoms with Crippen molar-refractivity contribution in [2.75, 3.05) is 6.26 Å². The van der Waals surface area contributed by atoms with Crippen molar-refractivity contribution in [3.63, 3.8) is 0 Å². The lowest BCUT2D eigenvalue weighted by Crippen LogP contribution is -2.10. The number of alkyl halides is 1. The summed E-state index contributed by atoms with van der Waals surface area (Å²) in [6.45, 7) is 0. The second kappa shape index (κ2) is 4.63. The fourth-order valence-electron chi connectivity index (χ4n) is 0.852. The van der Waals surface area contributed by atoms with Crippen LogP contribution in [-0.2, 0) is 0 Å². The highest BCUT2D eigenvalue weighted by atomic mass is 35.5. The Morgan fingerprint density at radius 2 is 2.00 bits per heavy atom. The van der Waals surface area contributed by atoms with Crippen molar-refractivity contribution in [2.24, 2.45) is 0 Å². The number of hydrogen-bond acceptors (Lipinski definition) is 2. The Balaban J connectivity index is 2.83. The van der Waals surface area contributed by atoms with Crippen molar-refractivity contribution in [3.05, 3.63) is 35.6 Å². The molecule has 0 radical (unpaired) electrons. The quantitative estimate of drug-likeness (QED) is 0.573. The Hall–Kier alpha value is -0.540. The van der Waals surface area contributed by atoms with E-state index in [4.69, 9.17) is 11.6 Å². The van der Waals surface area contributed by atoms with Gasteiger partial charge in [-0.1, -0.05) is 0 Å². The zero-order valence-corrected chi connectivity index (χ0v) is 8.53. The van der Waals surface area contributed by atoms with Crippen LogP contribution in [-0.4, -0.2) is 16.7 Å². The summed E-state index contributed by atoms with van der Waals surface area (Å²) in [5, 5.41) is 0. The van der Waals surface area contributed by atoms with Gasteiger partial charge in [-0.15, -0.1) is 23.4 Å². The normalized spacial score (nSPS) is 12.5. The van der Waals surface area contributed by atoms with Crippen LogP contribution in [0.15, 0.2) is 24.3 Å². The molecule has 0 saturated carbocycles. The summed E-state index contributed by atoms with van der Waals surface area (Å²) < 4.78 is 11.9. The molecule has 0 aliphatic heterocycles. The number of hydrogen-bond donors (Lipinski definition) is 0. The predicted octanol–water partition coefficient (Wildman–Crippen LogP) is 2.94. The summed E-state index contributed by atoms with van der Waals surface area (Å²) in [5.74, 6) is -0.541. The Bertz CT molecular complexity index is 299. The lowest BCUT2D eigenvalue weighted by atomic mass is 10.1. The van der Waals surface area contributed by atoms with Crippen molar-refractivity contribution in [1.82, 2.24) is 0 Å². The summed E-state index contributed by atoms with van der Waals surface area (Å²) in [6, 6.07) is 5.36. The summed E-state index contributed by atoms with van der Waals surface area (Å²) in [6.07, 6.45) is 1.75. The summed E-state index contributed by atoms with van der Waals surface area (Å²) in [5.41, 5.74) is 0.441. The maximum atomic E-state index is 12.5. The lowest BCUT2D eigenvalue weighted by molar-refractivity contribution is 0.101. The second-order valence-corrected chi connectivity index (χ2v) is 4.06. The van der Waals surface area contributed by atoms with Crippen molar-refractivity contribution >= 4 is 29.1 Å². The molecule has 13 heavy (non-hydrogen) atoms. The first kappa shape index (κ1) is 10.5. The van der Waals surface area contributed by atoms with Crippen molar-refractivity contribution in [1.29, 1.82) is 0 Å². The molecule has 0 amide bonds. The average Bonchev–Trinajstić information content (AvgIpc) is 2.17. The SMILES string of the molecule is CSC(Cl)C(=O)c1ccc(F)cc1. The Morgan fingerprint density at radius 3 is 2.46 bits per heavy atom. The van der Waals surface area contributed by atoms with Crippen LogP contribution in [0.25, 0.3) is 0 Å². The van der Waals surface area contributed by atoms with Crippen LogP contribution in [0.4, 0.5) is 4.39 Å². The highest BCUT2D eigenvalue weighted by Crippen LogP contribution is 2.17. The van der Waals surface area contributed by atoms with Crippen molar-refractivity contribution in [2.45, 2.75) is 4.71 Å². The van der Waals surface area contributed by atoms with Crippen LogP contribution in [0.2, 0.25) is 0 Å². The molecule has 0 saturated heterocycles. The van der Waals surface area contributed by atoms with E-state index >= 15 is 0 Å². The largest absolute Gasteiger partial charge is 0.292 e. The van der Waals surface area contributed by atoms with Gasteiger partial charge in [0.15, 0.2) is 5.78 Å². The molecule has 0 aliphatic rings. The third kappa shape index (κ3) is 2.71. The minimum atomic E-state index is -0.592. The number of benzene rings is 1. The molecule has 1 unspecified atom stereocenters. The minimum Gasteiger partial charge on any atom is -0.292 e. The van der Waals surface area contributed by atoms with Gasteiger partial charge in [0.05, 0.1) is 0 Å². The average molecular weight is 219 g/mol. The van der Waals surface area contributed by atoms with E-state index in [9.17, 15) is 9.18 Å². The maximum absolute atomic E-state index is 12.5. The van der Waals surface area contributed by atoms with Gasteiger partial charge in [-0.25, -0.2) is 4.39 Å². The van der Waals surface area contributed by atoms with Gasteiger partial charge in [-0.3, -0.25) is 4.79 Å². The van der Waals surface area contributed by atoms with Gasteiger partial charge < -0.3 is 0 Å². The Kier molecular flexibility index (Phi) is 3.75. The lowest BCUT2D eigenvalue weighted by Gasteiger charge is -2.04. The molecule has 0 aliphatic carbocycles. The van der Waals surface area contributed by atoms with Gasteiger partial charge in [0, 0.05) is 5.56 Å². The smallest absolute Gasteiger partial charge is 0.190 e. The molecule has 1 nitrogen and oxygen atoms in total. The van der Waals surface area contributed by atoms with Crippen LogP contribution >= 0.6 is 23.4 Å². The molecular weight excluding hydrogens is 211 g/mol. The molecule has 70 valence electrons.